The number of carbonyl (C=O) groups excluding carboxylic acids is 1. The first-order chi connectivity index (χ1) is 8.80. The van der Waals surface area contributed by atoms with Gasteiger partial charge in [-0.05, 0) is 31.5 Å². The Morgan fingerprint density at radius 3 is 2.53 bits per heavy atom. The molecule has 0 bridgehead atoms. The number of phenolic OH excluding ortho intramolecular Hbond substituents is 1. The maximum Gasteiger partial charge on any atom is 0.329 e. The van der Waals surface area contributed by atoms with Crippen molar-refractivity contribution in [3.63, 3.8) is 0 Å². The lowest BCUT2D eigenvalue weighted by molar-refractivity contribution is -0.144. The number of aromatic hydroxyl groups is 1. The number of aliphatic carboxylic acids is 1. The summed E-state index contributed by atoms with van der Waals surface area (Å²) in [6, 6.07) is 3.96. The van der Waals surface area contributed by atoms with Crippen LogP contribution in [0.2, 0.25) is 5.02 Å². The van der Waals surface area contributed by atoms with Crippen LogP contribution < -0.4 is 5.32 Å². The number of carboxylic acids is 1. The Morgan fingerprint density at radius 2 is 2.05 bits per heavy atom. The van der Waals surface area contributed by atoms with Crippen LogP contribution in [0.5, 0.6) is 5.75 Å². The molecule has 0 aliphatic rings. The maximum absolute atomic E-state index is 12.0. The molecule has 19 heavy (non-hydrogen) atoms. The molecule has 104 valence electrons. The number of benzene rings is 1. The third kappa shape index (κ3) is 3.61. The van der Waals surface area contributed by atoms with Gasteiger partial charge < -0.3 is 15.5 Å². The minimum atomic E-state index is -1.32. The SMILES string of the molecule is CCCC(C)(NC(=O)c1ccc(O)c(Cl)c1)C(=O)O. The van der Waals surface area contributed by atoms with E-state index in [1.165, 1.54) is 25.1 Å². The summed E-state index contributed by atoms with van der Waals surface area (Å²) < 4.78 is 0. The number of nitrogens with one attached hydrogen (secondary N) is 1. The first-order valence-electron chi connectivity index (χ1n) is 5.84. The summed E-state index contributed by atoms with van der Waals surface area (Å²) in [4.78, 5) is 23.2. The zero-order valence-corrected chi connectivity index (χ0v) is 11.5. The highest BCUT2D eigenvalue weighted by molar-refractivity contribution is 6.32. The Hall–Kier alpha value is -1.75. The van der Waals surface area contributed by atoms with E-state index in [-0.39, 0.29) is 16.3 Å². The first-order valence-corrected chi connectivity index (χ1v) is 6.22. The van der Waals surface area contributed by atoms with Crippen molar-refractivity contribution in [3.8, 4) is 5.75 Å². The zero-order chi connectivity index (χ0) is 14.6. The van der Waals surface area contributed by atoms with Gasteiger partial charge >= 0.3 is 5.97 Å². The quantitative estimate of drug-likeness (QED) is 0.775. The third-order valence-electron chi connectivity index (χ3n) is 2.82. The molecule has 0 aliphatic carbocycles. The molecule has 1 rings (SSSR count). The third-order valence-corrected chi connectivity index (χ3v) is 3.12. The van der Waals surface area contributed by atoms with Crippen molar-refractivity contribution in [2.24, 2.45) is 0 Å². The number of carbonyl (C=O) groups is 2. The van der Waals surface area contributed by atoms with E-state index in [4.69, 9.17) is 11.6 Å². The monoisotopic (exact) mass is 285 g/mol. The topological polar surface area (TPSA) is 86.6 Å². The summed E-state index contributed by atoms with van der Waals surface area (Å²) in [6.45, 7) is 3.30. The predicted molar refractivity (Wildman–Crippen MR) is 71.5 cm³/mol. The molecule has 0 aliphatic heterocycles. The second-order valence-electron chi connectivity index (χ2n) is 4.51. The van der Waals surface area contributed by atoms with Crippen LogP contribution in [-0.2, 0) is 4.79 Å². The Kier molecular flexibility index (Phi) is 4.78. The van der Waals surface area contributed by atoms with Gasteiger partial charge in [-0.15, -0.1) is 0 Å². The minimum Gasteiger partial charge on any atom is -0.506 e. The Morgan fingerprint density at radius 1 is 1.42 bits per heavy atom. The molecule has 1 atom stereocenters. The predicted octanol–water partition coefficient (Wildman–Crippen LogP) is 2.42. The lowest BCUT2D eigenvalue weighted by Crippen LogP contribution is -2.52. The average molecular weight is 286 g/mol. The van der Waals surface area contributed by atoms with Crippen LogP contribution in [0.25, 0.3) is 0 Å². The van der Waals surface area contributed by atoms with E-state index in [1.807, 2.05) is 6.92 Å². The number of hydrogen-bond donors (Lipinski definition) is 3. The summed E-state index contributed by atoms with van der Waals surface area (Å²) in [5.41, 5.74) is -1.12. The first kappa shape index (κ1) is 15.3. The summed E-state index contributed by atoms with van der Waals surface area (Å²) in [6.07, 6.45) is 0.944. The number of halogens is 1. The number of hydrogen-bond acceptors (Lipinski definition) is 3. The number of carboxylic acid groups (broad SMARTS) is 1. The van der Waals surface area contributed by atoms with Gasteiger partial charge in [-0.3, -0.25) is 4.79 Å². The zero-order valence-electron chi connectivity index (χ0n) is 10.7. The van der Waals surface area contributed by atoms with E-state index in [9.17, 15) is 19.8 Å². The second-order valence-corrected chi connectivity index (χ2v) is 4.91. The van der Waals surface area contributed by atoms with Crippen molar-refractivity contribution in [3.05, 3.63) is 28.8 Å². The van der Waals surface area contributed by atoms with Crippen LogP contribution >= 0.6 is 11.6 Å². The van der Waals surface area contributed by atoms with E-state index in [0.29, 0.717) is 12.8 Å². The van der Waals surface area contributed by atoms with Crippen LogP contribution in [0.15, 0.2) is 18.2 Å². The van der Waals surface area contributed by atoms with E-state index >= 15 is 0 Å². The Bertz CT molecular complexity index is 503. The highest BCUT2D eigenvalue weighted by Crippen LogP contribution is 2.24. The molecule has 1 aromatic rings. The van der Waals surface area contributed by atoms with Gasteiger partial charge in [0.15, 0.2) is 0 Å². The molecule has 0 radical (unpaired) electrons. The van der Waals surface area contributed by atoms with Gasteiger partial charge in [0.1, 0.15) is 11.3 Å². The van der Waals surface area contributed by atoms with Crippen LogP contribution in [0.4, 0.5) is 0 Å². The highest BCUT2D eigenvalue weighted by Gasteiger charge is 2.34. The van der Waals surface area contributed by atoms with Gasteiger partial charge in [0, 0.05) is 5.56 Å². The molecule has 0 saturated carbocycles. The maximum atomic E-state index is 12.0. The lowest BCUT2D eigenvalue weighted by Gasteiger charge is -2.25. The van der Waals surface area contributed by atoms with E-state index in [2.05, 4.69) is 5.32 Å². The molecule has 1 unspecified atom stereocenters. The summed E-state index contributed by atoms with van der Waals surface area (Å²) in [5.74, 6) is -1.76. The summed E-state index contributed by atoms with van der Waals surface area (Å²) in [7, 11) is 0. The Balaban J connectivity index is 2.94. The number of rotatable bonds is 5. The molecule has 3 N–H and O–H groups in total. The van der Waals surface area contributed by atoms with Crippen molar-refractivity contribution >= 4 is 23.5 Å². The molecule has 1 aromatic carbocycles. The van der Waals surface area contributed by atoms with E-state index in [0.717, 1.165) is 0 Å². The number of amides is 1. The second kappa shape index (κ2) is 5.93. The highest BCUT2D eigenvalue weighted by atomic mass is 35.5. The standard InChI is InChI=1S/C13H16ClNO4/c1-3-6-13(2,12(18)19)15-11(17)8-4-5-10(16)9(14)7-8/h4-5,7,16H,3,6H2,1-2H3,(H,15,17)(H,18,19). The van der Waals surface area contributed by atoms with Crippen LogP contribution in [0, 0.1) is 0 Å². The average Bonchev–Trinajstić information content (AvgIpc) is 2.32. The van der Waals surface area contributed by atoms with Crippen molar-refractivity contribution < 1.29 is 19.8 Å². The fraction of sp³-hybridized carbons (Fsp3) is 0.385. The number of phenols is 1. The Labute approximate surface area is 116 Å². The van der Waals surface area contributed by atoms with Gasteiger partial charge in [-0.1, -0.05) is 24.9 Å². The van der Waals surface area contributed by atoms with E-state index in [1.54, 1.807) is 0 Å². The van der Waals surface area contributed by atoms with Crippen molar-refractivity contribution in [2.45, 2.75) is 32.2 Å². The molecule has 5 nitrogen and oxygen atoms in total. The van der Waals surface area contributed by atoms with Crippen LogP contribution in [0.1, 0.15) is 37.0 Å². The molecule has 0 spiro atoms. The van der Waals surface area contributed by atoms with E-state index < -0.39 is 17.4 Å². The van der Waals surface area contributed by atoms with Crippen molar-refractivity contribution in [2.75, 3.05) is 0 Å². The fourth-order valence-corrected chi connectivity index (χ4v) is 1.87. The van der Waals surface area contributed by atoms with Crippen LogP contribution in [-0.4, -0.2) is 27.6 Å². The van der Waals surface area contributed by atoms with Crippen molar-refractivity contribution in [1.82, 2.24) is 5.32 Å². The van der Waals surface area contributed by atoms with Gasteiger partial charge in [0.2, 0.25) is 0 Å². The molecule has 0 fully saturated rings. The largest absolute Gasteiger partial charge is 0.506 e. The molecular formula is C13H16ClNO4. The molecule has 0 heterocycles. The normalized spacial score (nSPS) is 13.6. The smallest absolute Gasteiger partial charge is 0.329 e. The van der Waals surface area contributed by atoms with Gasteiger partial charge in [0.05, 0.1) is 5.02 Å². The van der Waals surface area contributed by atoms with Crippen LogP contribution in [0.3, 0.4) is 0 Å². The van der Waals surface area contributed by atoms with Gasteiger partial charge in [-0.25, -0.2) is 4.79 Å². The van der Waals surface area contributed by atoms with Gasteiger partial charge in [0.25, 0.3) is 5.91 Å². The summed E-state index contributed by atoms with van der Waals surface area (Å²) >= 11 is 5.71. The summed E-state index contributed by atoms with van der Waals surface area (Å²) in [5, 5.41) is 21.0. The fourth-order valence-electron chi connectivity index (χ4n) is 1.69. The minimum absolute atomic E-state index is 0.0418. The van der Waals surface area contributed by atoms with Crippen molar-refractivity contribution in [1.29, 1.82) is 0 Å². The molecular weight excluding hydrogens is 270 g/mol. The molecule has 0 aromatic heterocycles. The molecule has 6 heteroatoms. The molecule has 0 saturated heterocycles. The van der Waals surface area contributed by atoms with Gasteiger partial charge in [-0.2, -0.15) is 0 Å². The molecule has 1 amide bonds. The lowest BCUT2D eigenvalue weighted by atomic mass is 9.95.